The van der Waals surface area contributed by atoms with Crippen LogP contribution in [0.1, 0.15) is 0 Å². The van der Waals surface area contributed by atoms with Gasteiger partial charge in [-0.15, -0.1) is 0 Å². The lowest BCUT2D eigenvalue weighted by Crippen LogP contribution is -2.23. The van der Waals surface area contributed by atoms with Crippen molar-refractivity contribution in [3.05, 3.63) is 66.4 Å². The smallest absolute Gasteiger partial charge is 0.243 e. The summed E-state index contributed by atoms with van der Waals surface area (Å²) in [7, 11) is 0. The van der Waals surface area contributed by atoms with Gasteiger partial charge in [0.05, 0.1) is 17.7 Å². The molecule has 0 radical (unpaired) electrons. The number of benzene rings is 2. The number of nitrogens with one attached hydrogen (secondary N) is 2. The molecule has 0 saturated heterocycles. The Kier molecular flexibility index (Phi) is 4.14. The molecule has 0 fully saturated rings. The highest BCUT2D eigenvalue weighted by atomic mass is 19.1. The minimum absolute atomic E-state index is 0.135. The first kappa shape index (κ1) is 14.9. The van der Waals surface area contributed by atoms with Gasteiger partial charge < -0.3 is 10.6 Å². The Morgan fingerprint density at radius 1 is 1.00 bits per heavy atom. The molecule has 0 atom stereocenters. The molecule has 2 N–H and O–H groups in total. The molecular formula is C17H13F2N3O. The van der Waals surface area contributed by atoms with Crippen molar-refractivity contribution in [2.75, 3.05) is 17.2 Å². The van der Waals surface area contributed by atoms with E-state index in [9.17, 15) is 13.6 Å². The highest BCUT2D eigenvalue weighted by Gasteiger charge is 2.12. The van der Waals surface area contributed by atoms with Gasteiger partial charge in [0.1, 0.15) is 17.3 Å². The molecular weight excluding hydrogens is 300 g/mol. The first-order valence-electron chi connectivity index (χ1n) is 6.96. The number of nitrogens with zero attached hydrogens (tertiary/aromatic N) is 1. The van der Waals surface area contributed by atoms with Crippen molar-refractivity contribution in [1.82, 2.24) is 4.98 Å². The average Bonchev–Trinajstić information content (AvgIpc) is 2.56. The van der Waals surface area contributed by atoms with Crippen LogP contribution in [0.15, 0.2) is 54.7 Å². The molecule has 23 heavy (non-hydrogen) atoms. The van der Waals surface area contributed by atoms with E-state index in [1.165, 1.54) is 6.07 Å². The van der Waals surface area contributed by atoms with Crippen molar-refractivity contribution < 1.29 is 13.6 Å². The SMILES string of the molecule is O=C(CNc1cccc2cccnc12)Nc1c(F)cccc1F. The lowest BCUT2D eigenvalue weighted by Gasteiger charge is -2.10. The third-order valence-corrected chi connectivity index (χ3v) is 3.30. The summed E-state index contributed by atoms with van der Waals surface area (Å²) in [4.78, 5) is 16.2. The highest BCUT2D eigenvalue weighted by molar-refractivity contribution is 5.96. The molecule has 1 heterocycles. The van der Waals surface area contributed by atoms with E-state index in [1.807, 2.05) is 24.3 Å². The van der Waals surface area contributed by atoms with Crippen LogP contribution in [0.2, 0.25) is 0 Å². The number of hydrogen-bond acceptors (Lipinski definition) is 3. The minimum Gasteiger partial charge on any atom is -0.374 e. The molecule has 1 aromatic heterocycles. The predicted octanol–water partition coefficient (Wildman–Crippen LogP) is 3.56. The molecule has 1 amide bonds. The van der Waals surface area contributed by atoms with Crippen molar-refractivity contribution in [3.63, 3.8) is 0 Å². The van der Waals surface area contributed by atoms with Crippen LogP contribution in [0.4, 0.5) is 20.2 Å². The summed E-state index contributed by atoms with van der Waals surface area (Å²) in [5.74, 6) is -2.18. The molecule has 3 aromatic rings. The lowest BCUT2D eigenvalue weighted by atomic mass is 10.2. The van der Waals surface area contributed by atoms with Crippen LogP contribution in [0.5, 0.6) is 0 Å². The van der Waals surface area contributed by atoms with E-state index in [-0.39, 0.29) is 6.54 Å². The number of anilines is 2. The zero-order valence-electron chi connectivity index (χ0n) is 12.0. The highest BCUT2D eigenvalue weighted by Crippen LogP contribution is 2.21. The van der Waals surface area contributed by atoms with Crippen LogP contribution in [0.25, 0.3) is 10.9 Å². The minimum atomic E-state index is -0.815. The Morgan fingerprint density at radius 2 is 1.70 bits per heavy atom. The van der Waals surface area contributed by atoms with Crippen molar-refractivity contribution in [3.8, 4) is 0 Å². The van der Waals surface area contributed by atoms with E-state index in [1.54, 1.807) is 12.3 Å². The fourth-order valence-corrected chi connectivity index (χ4v) is 2.22. The van der Waals surface area contributed by atoms with E-state index in [0.717, 1.165) is 23.0 Å². The predicted molar refractivity (Wildman–Crippen MR) is 85.2 cm³/mol. The van der Waals surface area contributed by atoms with Gasteiger partial charge in [0.25, 0.3) is 0 Å². The van der Waals surface area contributed by atoms with Crippen molar-refractivity contribution in [1.29, 1.82) is 0 Å². The van der Waals surface area contributed by atoms with Crippen LogP contribution in [0.3, 0.4) is 0 Å². The van der Waals surface area contributed by atoms with E-state index in [4.69, 9.17) is 0 Å². The summed E-state index contributed by atoms with van der Waals surface area (Å²) in [6.07, 6.45) is 1.66. The first-order valence-corrected chi connectivity index (χ1v) is 6.96. The number of hydrogen-bond donors (Lipinski definition) is 2. The quantitative estimate of drug-likeness (QED) is 0.774. The van der Waals surface area contributed by atoms with Gasteiger partial charge in [0.15, 0.2) is 0 Å². The normalized spacial score (nSPS) is 10.5. The fraction of sp³-hybridized carbons (Fsp3) is 0.0588. The van der Waals surface area contributed by atoms with Crippen LogP contribution in [-0.4, -0.2) is 17.4 Å². The maximum Gasteiger partial charge on any atom is 0.243 e. The Labute approximate surface area is 131 Å². The van der Waals surface area contributed by atoms with Gasteiger partial charge in [-0.3, -0.25) is 9.78 Å². The number of amides is 1. The second kappa shape index (κ2) is 6.39. The summed E-state index contributed by atoms with van der Waals surface area (Å²) < 4.78 is 27.0. The topological polar surface area (TPSA) is 54.0 Å². The maximum atomic E-state index is 13.5. The Hall–Kier alpha value is -3.02. The third kappa shape index (κ3) is 3.26. The van der Waals surface area contributed by atoms with E-state index in [2.05, 4.69) is 15.6 Å². The second-order valence-electron chi connectivity index (χ2n) is 4.88. The van der Waals surface area contributed by atoms with Gasteiger partial charge in [-0.25, -0.2) is 8.78 Å². The summed E-state index contributed by atoms with van der Waals surface area (Å²) in [5, 5.41) is 6.08. The number of rotatable bonds is 4. The van der Waals surface area contributed by atoms with Crippen molar-refractivity contribution in [2.24, 2.45) is 0 Å². The summed E-state index contributed by atoms with van der Waals surface area (Å²) in [6, 6.07) is 12.7. The monoisotopic (exact) mass is 313 g/mol. The third-order valence-electron chi connectivity index (χ3n) is 3.30. The Morgan fingerprint density at radius 3 is 2.48 bits per heavy atom. The molecule has 0 spiro atoms. The summed E-state index contributed by atoms with van der Waals surface area (Å²) in [5.41, 5.74) is 0.947. The van der Waals surface area contributed by atoms with Crippen LogP contribution >= 0.6 is 0 Å². The zero-order chi connectivity index (χ0) is 16.2. The maximum absolute atomic E-state index is 13.5. The van der Waals surface area contributed by atoms with Gasteiger partial charge in [-0.05, 0) is 24.3 Å². The number of carbonyl (C=O) groups excluding carboxylic acids is 1. The molecule has 4 nitrogen and oxygen atoms in total. The number of aromatic nitrogens is 1. The van der Waals surface area contributed by atoms with Gasteiger partial charge in [0, 0.05) is 11.6 Å². The van der Waals surface area contributed by atoms with Gasteiger partial charge >= 0.3 is 0 Å². The molecule has 0 aliphatic carbocycles. The molecule has 3 rings (SSSR count). The molecule has 0 unspecified atom stereocenters. The molecule has 6 heteroatoms. The molecule has 0 saturated carbocycles. The first-order chi connectivity index (χ1) is 11.1. The molecule has 2 aromatic carbocycles. The molecule has 0 aliphatic heterocycles. The average molecular weight is 313 g/mol. The lowest BCUT2D eigenvalue weighted by molar-refractivity contribution is -0.114. The molecule has 0 bridgehead atoms. The molecule has 116 valence electrons. The van der Waals surface area contributed by atoms with Gasteiger partial charge in [-0.2, -0.15) is 0 Å². The van der Waals surface area contributed by atoms with Gasteiger partial charge in [-0.1, -0.05) is 24.3 Å². The van der Waals surface area contributed by atoms with Crippen molar-refractivity contribution in [2.45, 2.75) is 0 Å². The number of para-hydroxylation sites is 2. The number of halogens is 2. The zero-order valence-corrected chi connectivity index (χ0v) is 12.0. The standard InChI is InChI=1S/C17H13F2N3O/c18-12-6-2-7-13(19)17(12)22-15(23)10-21-14-8-1-4-11-5-3-9-20-16(11)14/h1-9,21H,10H2,(H,22,23). The van der Waals surface area contributed by atoms with E-state index >= 15 is 0 Å². The van der Waals surface area contributed by atoms with Crippen molar-refractivity contribution >= 4 is 28.2 Å². The number of carbonyl (C=O) groups is 1. The fourth-order valence-electron chi connectivity index (χ4n) is 2.22. The second-order valence-corrected chi connectivity index (χ2v) is 4.88. The summed E-state index contributed by atoms with van der Waals surface area (Å²) >= 11 is 0. The Balaban J connectivity index is 1.71. The van der Waals surface area contributed by atoms with E-state index in [0.29, 0.717) is 5.69 Å². The van der Waals surface area contributed by atoms with E-state index < -0.39 is 23.2 Å². The molecule has 0 aliphatic rings. The van der Waals surface area contributed by atoms with Gasteiger partial charge in [0.2, 0.25) is 5.91 Å². The largest absolute Gasteiger partial charge is 0.374 e. The Bertz CT molecular complexity index is 842. The van der Waals surface area contributed by atoms with Crippen LogP contribution < -0.4 is 10.6 Å². The number of pyridine rings is 1. The summed E-state index contributed by atoms with van der Waals surface area (Å²) in [6.45, 7) is -0.135. The van der Waals surface area contributed by atoms with Crippen LogP contribution in [-0.2, 0) is 4.79 Å². The van der Waals surface area contributed by atoms with Crippen LogP contribution in [0, 0.1) is 11.6 Å². The number of fused-ring (bicyclic) bond motifs is 1.